The number of rotatable bonds is 4. The molecule has 184 valence electrons. The zero-order valence-corrected chi connectivity index (χ0v) is 21.0. The third kappa shape index (κ3) is 4.13. The highest BCUT2D eigenvalue weighted by atomic mass is 16.5. The summed E-state index contributed by atoms with van der Waals surface area (Å²) in [5.74, 6) is 1.19. The topological polar surface area (TPSA) is 67.9 Å². The van der Waals surface area contributed by atoms with Crippen LogP contribution < -0.4 is 19.7 Å². The van der Waals surface area contributed by atoms with Crippen molar-refractivity contribution in [3.05, 3.63) is 94.7 Å². The number of methoxy groups -OCH3 is 2. The third-order valence-corrected chi connectivity index (χ3v) is 7.10. The van der Waals surface area contributed by atoms with Crippen LogP contribution in [0.25, 0.3) is 0 Å². The first kappa shape index (κ1) is 23.7. The van der Waals surface area contributed by atoms with Gasteiger partial charge in [0.1, 0.15) is 0 Å². The van der Waals surface area contributed by atoms with E-state index in [1.165, 1.54) is 0 Å². The number of allylic oxidation sites excluding steroid dienone is 1. The molecule has 0 bridgehead atoms. The number of para-hydroxylation sites is 2. The molecule has 6 nitrogen and oxygen atoms in total. The number of nitrogens with zero attached hydrogens (tertiary/aromatic N) is 1. The minimum atomic E-state index is -0.506. The Hall–Kier alpha value is -4.06. The number of hydrogen-bond donors (Lipinski definition) is 1. The molecule has 0 saturated heterocycles. The van der Waals surface area contributed by atoms with Crippen LogP contribution in [0, 0.1) is 6.92 Å². The first-order valence-electron chi connectivity index (χ1n) is 12.1. The maximum atomic E-state index is 13.9. The minimum absolute atomic E-state index is 0.0294. The maximum absolute atomic E-state index is 13.9. The van der Waals surface area contributed by atoms with Gasteiger partial charge in [0.25, 0.3) is 0 Å². The van der Waals surface area contributed by atoms with Crippen LogP contribution in [-0.2, 0) is 9.59 Å². The molecule has 5 rings (SSSR count). The van der Waals surface area contributed by atoms with Crippen molar-refractivity contribution in [1.29, 1.82) is 0 Å². The standard InChI is InChI=1S/C30H30N2O4/c1-18-9-11-20(12-10-18)30-29-24(31-23-7-5-6-8-25(23)32(30)19(2)33)15-22(16-26(29)34)21-13-14-27(35-3)28(17-21)36-4/h5-14,17,22,30-31H,15-16H2,1-4H3/t22-,30-/m0/s1. The van der Waals surface area contributed by atoms with Crippen molar-refractivity contribution in [3.63, 3.8) is 0 Å². The van der Waals surface area contributed by atoms with Crippen LogP contribution in [-0.4, -0.2) is 25.9 Å². The van der Waals surface area contributed by atoms with Crippen LogP contribution in [0.3, 0.4) is 0 Å². The molecule has 3 aromatic carbocycles. The van der Waals surface area contributed by atoms with E-state index >= 15 is 0 Å². The van der Waals surface area contributed by atoms with Crippen LogP contribution in [0.15, 0.2) is 78.0 Å². The number of aryl methyl sites for hydroxylation is 1. The number of carbonyl (C=O) groups excluding carboxylic acids is 2. The van der Waals surface area contributed by atoms with Gasteiger partial charge in [-0.15, -0.1) is 0 Å². The van der Waals surface area contributed by atoms with Gasteiger partial charge in [-0.1, -0.05) is 48.0 Å². The Morgan fingerprint density at radius 2 is 1.61 bits per heavy atom. The average molecular weight is 483 g/mol. The fraction of sp³-hybridized carbons (Fsp3) is 0.267. The van der Waals surface area contributed by atoms with Gasteiger partial charge in [0.2, 0.25) is 5.91 Å². The molecule has 1 amide bonds. The zero-order chi connectivity index (χ0) is 25.4. The quantitative estimate of drug-likeness (QED) is 0.499. The molecule has 6 heteroatoms. The first-order chi connectivity index (χ1) is 17.4. The Bertz CT molecular complexity index is 1360. The van der Waals surface area contributed by atoms with Crippen molar-refractivity contribution in [2.75, 3.05) is 24.4 Å². The second-order valence-corrected chi connectivity index (χ2v) is 9.38. The summed E-state index contributed by atoms with van der Waals surface area (Å²) in [6.45, 7) is 3.59. The van der Waals surface area contributed by atoms with E-state index in [0.29, 0.717) is 29.9 Å². The number of amides is 1. The molecular weight excluding hydrogens is 452 g/mol. The van der Waals surface area contributed by atoms with Crippen molar-refractivity contribution in [1.82, 2.24) is 0 Å². The van der Waals surface area contributed by atoms with Gasteiger partial charge in [0.05, 0.1) is 31.6 Å². The lowest BCUT2D eigenvalue weighted by molar-refractivity contribution is -0.117. The number of ether oxygens (including phenoxy) is 2. The minimum Gasteiger partial charge on any atom is -0.493 e. The number of anilines is 2. The highest BCUT2D eigenvalue weighted by Gasteiger charge is 2.40. The molecule has 2 aliphatic rings. The van der Waals surface area contributed by atoms with Gasteiger partial charge in [-0.3, -0.25) is 14.5 Å². The summed E-state index contributed by atoms with van der Waals surface area (Å²) in [5, 5.41) is 3.55. The Balaban J connectivity index is 1.66. The first-order valence-corrected chi connectivity index (χ1v) is 12.1. The number of ketones is 1. The molecule has 36 heavy (non-hydrogen) atoms. The van der Waals surface area contributed by atoms with Crippen LogP contribution >= 0.6 is 0 Å². The summed E-state index contributed by atoms with van der Waals surface area (Å²) in [7, 11) is 3.22. The smallest absolute Gasteiger partial charge is 0.224 e. The van der Waals surface area contributed by atoms with Crippen LogP contribution in [0.1, 0.15) is 48.4 Å². The lowest BCUT2D eigenvalue weighted by Crippen LogP contribution is -2.37. The Morgan fingerprint density at radius 3 is 2.31 bits per heavy atom. The van der Waals surface area contributed by atoms with E-state index in [4.69, 9.17) is 9.47 Å². The number of benzene rings is 3. The fourth-order valence-corrected chi connectivity index (χ4v) is 5.34. The van der Waals surface area contributed by atoms with Crippen LogP contribution in [0.4, 0.5) is 11.4 Å². The summed E-state index contributed by atoms with van der Waals surface area (Å²) in [6.07, 6.45) is 0.986. The van der Waals surface area contributed by atoms with E-state index in [1.54, 1.807) is 26.0 Å². The van der Waals surface area contributed by atoms with Crippen molar-refractivity contribution in [2.24, 2.45) is 0 Å². The predicted octanol–water partition coefficient (Wildman–Crippen LogP) is 5.93. The van der Waals surface area contributed by atoms with Crippen LogP contribution in [0.2, 0.25) is 0 Å². The third-order valence-electron chi connectivity index (χ3n) is 7.10. The van der Waals surface area contributed by atoms with E-state index < -0.39 is 6.04 Å². The Kier molecular flexibility index (Phi) is 6.27. The monoisotopic (exact) mass is 482 g/mol. The van der Waals surface area contributed by atoms with Gasteiger partial charge in [-0.2, -0.15) is 0 Å². The molecule has 1 aliphatic heterocycles. The second-order valence-electron chi connectivity index (χ2n) is 9.38. The van der Waals surface area contributed by atoms with Crippen molar-refractivity contribution >= 4 is 23.1 Å². The fourth-order valence-electron chi connectivity index (χ4n) is 5.34. The molecule has 2 atom stereocenters. The second kappa shape index (κ2) is 9.53. The van der Waals surface area contributed by atoms with E-state index in [9.17, 15) is 9.59 Å². The van der Waals surface area contributed by atoms with Gasteiger partial charge in [-0.25, -0.2) is 0 Å². The highest BCUT2D eigenvalue weighted by Crippen LogP contribution is 2.48. The summed E-state index contributed by atoms with van der Waals surface area (Å²) in [4.78, 5) is 28.8. The number of carbonyl (C=O) groups is 2. The lowest BCUT2D eigenvalue weighted by atomic mass is 9.78. The highest BCUT2D eigenvalue weighted by molar-refractivity contribution is 6.06. The molecule has 0 aromatic heterocycles. The summed E-state index contributed by atoms with van der Waals surface area (Å²) in [5.41, 5.74) is 6.14. The van der Waals surface area contributed by atoms with Gasteiger partial charge >= 0.3 is 0 Å². The zero-order valence-electron chi connectivity index (χ0n) is 21.0. The molecule has 0 fully saturated rings. The van der Waals surface area contributed by atoms with Crippen molar-refractivity contribution in [2.45, 2.75) is 38.6 Å². The Morgan fingerprint density at radius 1 is 0.917 bits per heavy atom. The Labute approximate surface area is 211 Å². The molecule has 0 saturated carbocycles. The summed E-state index contributed by atoms with van der Waals surface area (Å²) >= 11 is 0. The lowest BCUT2D eigenvalue weighted by Gasteiger charge is -2.34. The molecular formula is C30H30N2O4. The van der Waals surface area contributed by atoms with E-state index in [-0.39, 0.29) is 17.6 Å². The van der Waals surface area contributed by atoms with Crippen molar-refractivity contribution < 1.29 is 19.1 Å². The van der Waals surface area contributed by atoms with E-state index in [0.717, 1.165) is 33.8 Å². The maximum Gasteiger partial charge on any atom is 0.224 e. The number of Topliss-reactive ketones (excluding diaryl/α,β-unsaturated/α-hetero) is 1. The molecule has 0 unspecified atom stereocenters. The molecule has 3 aromatic rings. The van der Waals surface area contributed by atoms with Gasteiger partial charge in [0, 0.05) is 24.6 Å². The predicted molar refractivity (Wildman–Crippen MR) is 141 cm³/mol. The average Bonchev–Trinajstić information content (AvgIpc) is 3.03. The van der Waals surface area contributed by atoms with Crippen molar-refractivity contribution in [3.8, 4) is 11.5 Å². The summed E-state index contributed by atoms with van der Waals surface area (Å²) in [6, 6.07) is 21.1. The number of fused-ring (bicyclic) bond motifs is 1. The number of hydrogen-bond acceptors (Lipinski definition) is 5. The summed E-state index contributed by atoms with van der Waals surface area (Å²) < 4.78 is 10.9. The molecule has 1 aliphatic carbocycles. The molecule has 1 heterocycles. The molecule has 0 radical (unpaired) electrons. The molecule has 0 spiro atoms. The molecule has 1 N–H and O–H groups in total. The SMILES string of the molecule is COc1ccc([C@@H]2CC(=O)C3=C(C2)Nc2ccccc2N(C(C)=O)[C@H]3c2ccc(C)cc2)cc1OC. The van der Waals surface area contributed by atoms with Gasteiger partial charge < -0.3 is 14.8 Å². The van der Waals surface area contributed by atoms with Crippen LogP contribution in [0.5, 0.6) is 11.5 Å². The number of nitrogens with one attached hydrogen (secondary N) is 1. The van der Waals surface area contributed by atoms with Gasteiger partial charge in [0.15, 0.2) is 17.3 Å². The van der Waals surface area contributed by atoms with E-state index in [1.807, 2.05) is 73.7 Å². The van der Waals surface area contributed by atoms with E-state index in [2.05, 4.69) is 5.32 Å². The normalized spacial score (nSPS) is 19.1. The largest absolute Gasteiger partial charge is 0.493 e. The van der Waals surface area contributed by atoms with Gasteiger partial charge in [-0.05, 0) is 54.7 Å².